The minimum absolute atomic E-state index is 0. The predicted molar refractivity (Wildman–Crippen MR) is 87.1 cm³/mol. The monoisotopic (exact) mass is 329 g/mol. The third-order valence-electron chi connectivity index (χ3n) is 3.96. The van der Waals surface area contributed by atoms with Crippen molar-refractivity contribution in [2.75, 3.05) is 0 Å². The lowest BCUT2D eigenvalue weighted by atomic mass is 9.69. The average Bonchev–Trinajstić information content (AvgIpc) is 2.37. The molecule has 0 spiro atoms. The molecule has 0 heterocycles. The van der Waals surface area contributed by atoms with E-state index in [0.29, 0.717) is 0 Å². The number of hydrogen-bond donors (Lipinski definition) is 3. The fourth-order valence-electron chi connectivity index (χ4n) is 2.25. The Kier molecular flexibility index (Phi) is 7.06. The van der Waals surface area contributed by atoms with E-state index in [0.717, 1.165) is 5.56 Å². The largest absolute Gasteiger partial charge is 0.481 e. The minimum atomic E-state index is -1.59. The lowest BCUT2D eigenvalue weighted by Crippen LogP contribution is -2.59. The number of carbonyl (C=O) groups is 2. The highest BCUT2D eigenvalue weighted by molar-refractivity contribution is 5.85. The quantitative estimate of drug-likeness (QED) is 0.744. The molecular formula is C16H24ClNO4. The second kappa shape index (κ2) is 7.61. The van der Waals surface area contributed by atoms with E-state index in [9.17, 15) is 19.8 Å². The number of nitrogens with two attached hydrogens (primary N) is 1. The Hall–Kier alpha value is -1.59. The summed E-state index contributed by atoms with van der Waals surface area (Å²) in [6.07, 6.45) is 0.147. The maximum atomic E-state index is 11.6. The van der Waals surface area contributed by atoms with Gasteiger partial charge in [0.25, 0.3) is 0 Å². The standard InChI is InChI=1S/C16H23NO4.ClH/c1-15(2,3)16(17,14(20)21)10-12(13(18)19)9-11-7-5-4-6-8-11;/h4-8,12H,9-10,17H2,1-3H3,(H,18,19)(H,20,21);1H/t12?,16-;/m0./s1. The van der Waals surface area contributed by atoms with Gasteiger partial charge in [0.1, 0.15) is 5.54 Å². The fraction of sp³-hybridized carbons (Fsp3) is 0.500. The molecular weight excluding hydrogens is 306 g/mol. The fourth-order valence-corrected chi connectivity index (χ4v) is 2.25. The summed E-state index contributed by atoms with van der Waals surface area (Å²) in [6, 6.07) is 9.15. The van der Waals surface area contributed by atoms with Gasteiger partial charge in [-0.1, -0.05) is 51.1 Å². The molecule has 124 valence electrons. The number of hydrogen-bond acceptors (Lipinski definition) is 3. The zero-order valence-corrected chi connectivity index (χ0v) is 13.9. The molecule has 1 rings (SSSR count). The molecule has 0 aliphatic rings. The van der Waals surface area contributed by atoms with Gasteiger partial charge in [-0.2, -0.15) is 0 Å². The van der Waals surface area contributed by atoms with Crippen LogP contribution in [0.2, 0.25) is 0 Å². The second-order valence-corrected chi connectivity index (χ2v) is 6.46. The molecule has 0 bridgehead atoms. The summed E-state index contributed by atoms with van der Waals surface area (Å²) in [7, 11) is 0. The van der Waals surface area contributed by atoms with Gasteiger partial charge in [0, 0.05) is 0 Å². The van der Waals surface area contributed by atoms with Gasteiger partial charge in [-0.3, -0.25) is 9.59 Å². The first-order valence-corrected chi connectivity index (χ1v) is 6.87. The van der Waals surface area contributed by atoms with Crippen LogP contribution < -0.4 is 5.73 Å². The van der Waals surface area contributed by atoms with Crippen LogP contribution in [0.4, 0.5) is 0 Å². The highest BCUT2D eigenvalue weighted by Crippen LogP contribution is 2.35. The van der Waals surface area contributed by atoms with Crippen LogP contribution in [-0.2, 0) is 16.0 Å². The number of benzene rings is 1. The van der Waals surface area contributed by atoms with Gasteiger partial charge in [0.2, 0.25) is 0 Å². The smallest absolute Gasteiger partial charge is 0.324 e. The van der Waals surface area contributed by atoms with E-state index in [-0.39, 0.29) is 25.2 Å². The molecule has 0 saturated heterocycles. The van der Waals surface area contributed by atoms with Crippen LogP contribution in [0.5, 0.6) is 0 Å². The maximum absolute atomic E-state index is 11.6. The zero-order chi connectivity index (χ0) is 16.3. The van der Waals surface area contributed by atoms with Gasteiger partial charge in [0.15, 0.2) is 0 Å². The van der Waals surface area contributed by atoms with Crippen molar-refractivity contribution in [1.82, 2.24) is 0 Å². The molecule has 1 unspecified atom stereocenters. The summed E-state index contributed by atoms with van der Waals surface area (Å²) < 4.78 is 0. The van der Waals surface area contributed by atoms with Gasteiger partial charge in [-0.25, -0.2) is 0 Å². The summed E-state index contributed by atoms with van der Waals surface area (Å²) in [6.45, 7) is 5.13. The predicted octanol–water partition coefficient (Wildman–Crippen LogP) is 2.57. The number of rotatable bonds is 6. The van der Waals surface area contributed by atoms with Gasteiger partial charge in [-0.05, 0) is 23.8 Å². The first-order chi connectivity index (χ1) is 9.58. The van der Waals surface area contributed by atoms with Crippen molar-refractivity contribution in [3.05, 3.63) is 35.9 Å². The minimum Gasteiger partial charge on any atom is -0.481 e. The average molecular weight is 330 g/mol. The Morgan fingerprint density at radius 3 is 2.00 bits per heavy atom. The van der Waals surface area contributed by atoms with E-state index in [2.05, 4.69) is 0 Å². The Bertz CT molecular complexity index is 513. The lowest BCUT2D eigenvalue weighted by Gasteiger charge is -2.39. The van der Waals surface area contributed by atoms with E-state index >= 15 is 0 Å². The molecule has 22 heavy (non-hydrogen) atoms. The topological polar surface area (TPSA) is 101 Å². The number of aliphatic carboxylic acids is 2. The molecule has 0 aromatic heterocycles. The second-order valence-electron chi connectivity index (χ2n) is 6.46. The molecule has 0 amide bonds. The number of halogens is 1. The molecule has 5 nitrogen and oxygen atoms in total. The molecule has 1 aromatic rings. The van der Waals surface area contributed by atoms with E-state index in [1.54, 1.807) is 20.8 Å². The van der Waals surface area contributed by atoms with Gasteiger partial charge >= 0.3 is 11.9 Å². The van der Waals surface area contributed by atoms with E-state index in [4.69, 9.17) is 5.73 Å². The van der Waals surface area contributed by atoms with Crippen LogP contribution in [0.25, 0.3) is 0 Å². The molecule has 0 saturated carbocycles. The molecule has 0 fully saturated rings. The summed E-state index contributed by atoms with van der Waals surface area (Å²) in [5, 5.41) is 18.8. The van der Waals surface area contributed by atoms with Crippen LogP contribution in [0.3, 0.4) is 0 Å². The van der Waals surface area contributed by atoms with E-state index in [1.165, 1.54) is 0 Å². The van der Waals surface area contributed by atoms with Crippen LogP contribution in [0.15, 0.2) is 30.3 Å². The molecule has 2 atom stereocenters. The molecule has 0 aliphatic heterocycles. The summed E-state index contributed by atoms with van der Waals surface area (Å²) in [5.41, 5.74) is 4.56. The maximum Gasteiger partial charge on any atom is 0.324 e. The first-order valence-electron chi connectivity index (χ1n) is 6.87. The number of carboxylic acids is 2. The van der Waals surface area contributed by atoms with Gasteiger partial charge in [-0.15, -0.1) is 12.4 Å². The van der Waals surface area contributed by atoms with E-state index < -0.39 is 28.8 Å². The lowest BCUT2D eigenvalue weighted by molar-refractivity contribution is -0.151. The molecule has 1 aromatic carbocycles. The normalized spacial score (nSPS) is 15.3. The molecule has 0 radical (unpaired) electrons. The van der Waals surface area contributed by atoms with E-state index in [1.807, 2.05) is 30.3 Å². The van der Waals surface area contributed by atoms with Gasteiger partial charge < -0.3 is 15.9 Å². The van der Waals surface area contributed by atoms with Crippen molar-refractivity contribution in [3.63, 3.8) is 0 Å². The van der Waals surface area contributed by atoms with Crippen molar-refractivity contribution in [2.45, 2.75) is 39.2 Å². The Morgan fingerprint density at radius 1 is 1.14 bits per heavy atom. The third kappa shape index (κ3) is 4.71. The zero-order valence-electron chi connectivity index (χ0n) is 13.1. The van der Waals surface area contributed by atoms with Gasteiger partial charge in [0.05, 0.1) is 5.92 Å². The van der Waals surface area contributed by atoms with Crippen molar-refractivity contribution in [2.24, 2.45) is 17.1 Å². The van der Waals surface area contributed by atoms with Crippen molar-refractivity contribution in [3.8, 4) is 0 Å². The van der Waals surface area contributed by atoms with Crippen LogP contribution in [0, 0.1) is 11.3 Å². The summed E-state index contributed by atoms with van der Waals surface area (Å²) in [5.74, 6) is -3.04. The first kappa shape index (κ1) is 20.4. The summed E-state index contributed by atoms with van der Waals surface area (Å²) in [4.78, 5) is 23.0. The Morgan fingerprint density at radius 2 is 1.64 bits per heavy atom. The summed E-state index contributed by atoms with van der Waals surface area (Å²) >= 11 is 0. The molecule has 0 aliphatic carbocycles. The SMILES string of the molecule is CC(C)(C)[C@](N)(CC(Cc1ccccc1)C(=O)O)C(=O)O.Cl. The van der Waals surface area contributed by atoms with Crippen molar-refractivity contribution >= 4 is 24.3 Å². The highest BCUT2D eigenvalue weighted by atomic mass is 35.5. The van der Waals surface area contributed by atoms with Crippen molar-refractivity contribution in [1.29, 1.82) is 0 Å². The van der Waals surface area contributed by atoms with Crippen LogP contribution in [0.1, 0.15) is 32.8 Å². The Balaban J connectivity index is 0.00000441. The van der Waals surface area contributed by atoms with Crippen LogP contribution in [-0.4, -0.2) is 27.7 Å². The van der Waals surface area contributed by atoms with Crippen molar-refractivity contribution < 1.29 is 19.8 Å². The molecule has 4 N–H and O–H groups in total. The molecule has 6 heteroatoms. The van der Waals surface area contributed by atoms with Crippen LogP contribution >= 0.6 is 12.4 Å². The highest BCUT2D eigenvalue weighted by Gasteiger charge is 2.47. The third-order valence-corrected chi connectivity index (χ3v) is 3.96. The number of carboxylic acid groups (broad SMARTS) is 2. The Labute approximate surface area is 136 Å².